The van der Waals surface area contributed by atoms with Crippen molar-refractivity contribution in [3.05, 3.63) is 108 Å². The van der Waals surface area contributed by atoms with Crippen molar-refractivity contribution < 1.29 is 4.79 Å². The number of carbonyl (C=O) groups is 1. The van der Waals surface area contributed by atoms with Gasteiger partial charge in [0.15, 0.2) is 11.6 Å². The molecule has 154 valence electrons. The first-order valence-electron chi connectivity index (χ1n) is 9.66. The van der Waals surface area contributed by atoms with Gasteiger partial charge in [-0.2, -0.15) is 0 Å². The van der Waals surface area contributed by atoms with Crippen molar-refractivity contribution in [1.29, 1.82) is 0 Å². The second kappa shape index (κ2) is 9.36. The molecule has 2 heterocycles. The first kappa shape index (κ1) is 19.8. The molecule has 1 amide bonds. The fraction of sp³-hybridized carbons (Fsp3) is 0.0435. The van der Waals surface area contributed by atoms with Gasteiger partial charge in [0.25, 0.3) is 5.91 Å². The van der Waals surface area contributed by atoms with Gasteiger partial charge in [0.2, 0.25) is 0 Å². The van der Waals surface area contributed by atoms with Gasteiger partial charge >= 0.3 is 0 Å². The van der Waals surface area contributed by atoms with E-state index in [1.54, 1.807) is 24.4 Å². The monoisotopic (exact) mass is 411 g/mol. The Morgan fingerprint density at radius 1 is 0.774 bits per heavy atom. The smallest absolute Gasteiger partial charge is 0.288 e. The van der Waals surface area contributed by atoms with Crippen LogP contribution in [0.25, 0.3) is 0 Å². The van der Waals surface area contributed by atoms with Crippen LogP contribution < -0.4 is 21.9 Å². The Balaban J connectivity index is 1.56. The molecule has 2 aromatic carbocycles. The lowest BCUT2D eigenvalue weighted by Crippen LogP contribution is -2.31. The SMILES string of the molecule is Nc1c(NNC(=O)c2ccccn2)ncnc1NC(c1ccccc1)c1ccccc1. The molecule has 4 rings (SSSR count). The Kier molecular flexibility index (Phi) is 5.99. The molecular weight excluding hydrogens is 390 g/mol. The third-order valence-electron chi connectivity index (χ3n) is 4.62. The number of nitrogen functional groups attached to an aromatic ring is 1. The molecule has 0 unspecified atom stereocenters. The van der Waals surface area contributed by atoms with E-state index in [4.69, 9.17) is 5.73 Å². The molecule has 0 aliphatic heterocycles. The summed E-state index contributed by atoms with van der Waals surface area (Å²) in [5, 5.41) is 3.40. The van der Waals surface area contributed by atoms with E-state index in [0.29, 0.717) is 5.82 Å². The van der Waals surface area contributed by atoms with Crippen LogP contribution in [0.3, 0.4) is 0 Å². The number of carbonyl (C=O) groups excluding carboxylic acids is 1. The van der Waals surface area contributed by atoms with Gasteiger partial charge in [-0.25, -0.2) is 9.97 Å². The number of aromatic nitrogens is 3. The summed E-state index contributed by atoms with van der Waals surface area (Å²) in [5.41, 5.74) is 14.3. The Morgan fingerprint density at radius 2 is 1.39 bits per heavy atom. The molecule has 0 fully saturated rings. The number of hydrogen-bond donors (Lipinski definition) is 4. The highest BCUT2D eigenvalue weighted by molar-refractivity contribution is 5.93. The van der Waals surface area contributed by atoms with Crippen LogP contribution in [-0.2, 0) is 0 Å². The minimum Gasteiger partial charge on any atom is -0.393 e. The molecule has 5 N–H and O–H groups in total. The number of nitrogens with zero attached hydrogens (tertiary/aromatic N) is 3. The summed E-state index contributed by atoms with van der Waals surface area (Å²) in [7, 11) is 0. The number of hydrogen-bond acceptors (Lipinski definition) is 7. The normalized spacial score (nSPS) is 10.5. The molecule has 2 aromatic heterocycles. The third kappa shape index (κ3) is 4.76. The van der Waals surface area contributed by atoms with E-state index in [1.807, 2.05) is 60.7 Å². The van der Waals surface area contributed by atoms with E-state index in [-0.39, 0.29) is 23.2 Å². The Hall–Kier alpha value is -4.46. The molecule has 0 bridgehead atoms. The van der Waals surface area contributed by atoms with Crippen molar-refractivity contribution in [2.45, 2.75) is 6.04 Å². The van der Waals surface area contributed by atoms with Gasteiger partial charge in [0, 0.05) is 6.20 Å². The summed E-state index contributed by atoms with van der Waals surface area (Å²) in [6, 6.07) is 24.9. The van der Waals surface area contributed by atoms with E-state index in [0.717, 1.165) is 11.1 Å². The highest BCUT2D eigenvalue weighted by Crippen LogP contribution is 2.30. The quantitative estimate of drug-likeness (QED) is 0.344. The molecule has 0 aliphatic carbocycles. The number of nitrogens with two attached hydrogens (primary N) is 1. The average molecular weight is 411 g/mol. The van der Waals surface area contributed by atoms with E-state index in [9.17, 15) is 4.79 Å². The van der Waals surface area contributed by atoms with E-state index < -0.39 is 5.91 Å². The predicted molar refractivity (Wildman–Crippen MR) is 120 cm³/mol. The summed E-state index contributed by atoms with van der Waals surface area (Å²) < 4.78 is 0. The van der Waals surface area contributed by atoms with Crippen LogP contribution in [0, 0.1) is 0 Å². The minimum absolute atomic E-state index is 0.171. The van der Waals surface area contributed by atoms with Crippen molar-refractivity contribution in [1.82, 2.24) is 20.4 Å². The maximum absolute atomic E-state index is 12.2. The van der Waals surface area contributed by atoms with Gasteiger partial charge in [-0.15, -0.1) is 0 Å². The number of rotatable bonds is 7. The number of pyridine rings is 1. The number of amides is 1. The predicted octanol–water partition coefficient (Wildman–Crippen LogP) is 3.41. The van der Waals surface area contributed by atoms with Crippen molar-refractivity contribution in [3.63, 3.8) is 0 Å². The lowest BCUT2D eigenvalue weighted by atomic mass is 9.99. The molecule has 4 aromatic rings. The van der Waals surface area contributed by atoms with Crippen LogP contribution >= 0.6 is 0 Å². The fourth-order valence-electron chi connectivity index (χ4n) is 3.07. The zero-order valence-corrected chi connectivity index (χ0v) is 16.6. The number of anilines is 3. The molecule has 0 saturated carbocycles. The van der Waals surface area contributed by atoms with E-state index in [2.05, 4.69) is 31.1 Å². The minimum atomic E-state index is -0.403. The molecule has 8 heteroatoms. The molecule has 0 radical (unpaired) electrons. The van der Waals surface area contributed by atoms with Crippen molar-refractivity contribution in [2.75, 3.05) is 16.5 Å². The maximum atomic E-state index is 12.2. The molecule has 0 atom stereocenters. The first-order chi connectivity index (χ1) is 15.2. The lowest BCUT2D eigenvalue weighted by Gasteiger charge is -2.22. The zero-order chi connectivity index (χ0) is 21.5. The highest BCUT2D eigenvalue weighted by atomic mass is 16.2. The maximum Gasteiger partial charge on any atom is 0.288 e. The van der Waals surface area contributed by atoms with Gasteiger partial charge < -0.3 is 11.1 Å². The standard InChI is InChI=1S/C23H21N7O/c24-19-21(26-15-27-22(19)29-30-23(31)18-13-7-8-14-25-18)28-20(16-9-3-1-4-10-16)17-11-5-2-6-12-17/h1-15,20H,24H2,(H,30,31)(H2,26,27,28,29). The largest absolute Gasteiger partial charge is 0.393 e. The molecule has 0 aliphatic rings. The summed E-state index contributed by atoms with van der Waals surface area (Å²) >= 11 is 0. The molecule has 0 spiro atoms. The highest BCUT2D eigenvalue weighted by Gasteiger charge is 2.17. The molecule has 8 nitrogen and oxygen atoms in total. The van der Waals surface area contributed by atoms with E-state index in [1.165, 1.54) is 6.33 Å². The third-order valence-corrected chi connectivity index (χ3v) is 4.62. The van der Waals surface area contributed by atoms with Gasteiger partial charge in [-0.05, 0) is 23.3 Å². The summed E-state index contributed by atoms with van der Waals surface area (Å²) in [6.07, 6.45) is 2.92. The lowest BCUT2D eigenvalue weighted by molar-refractivity contribution is 0.0957. The Bertz CT molecular complexity index is 1100. The van der Waals surface area contributed by atoms with Crippen LogP contribution in [-0.4, -0.2) is 20.9 Å². The number of hydrazine groups is 1. The zero-order valence-electron chi connectivity index (χ0n) is 16.6. The molecule has 31 heavy (non-hydrogen) atoms. The Labute approximate surface area is 179 Å². The van der Waals surface area contributed by atoms with Crippen LogP contribution in [0.1, 0.15) is 27.7 Å². The van der Waals surface area contributed by atoms with Crippen molar-refractivity contribution in [3.8, 4) is 0 Å². The second-order valence-corrected chi connectivity index (χ2v) is 6.68. The summed E-state index contributed by atoms with van der Waals surface area (Å²) in [5.74, 6) is 0.323. The fourth-order valence-corrected chi connectivity index (χ4v) is 3.07. The molecule has 0 saturated heterocycles. The Morgan fingerprint density at radius 3 is 2.00 bits per heavy atom. The average Bonchev–Trinajstić information content (AvgIpc) is 2.84. The van der Waals surface area contributed by atoms with Gasteiger partial charge in [-0.3, -0.25) is 20.6 Å². The van der Waals surface area contributed by atoms with Crippen molar-refractivity contribution >= 4 is 23.2 Å². The number of nitrogens with one attached hydrogen (secondary N) is 3. The molecular formula is C23H21N7O. The van der Waals surface area contributed by atoms with Crippen LogP contribution in [0.2, 0.25) is 0 Å². The number of benzene rings is 2. The van der Waals surface area contributed by atoms with Crippen LogP contribution in [0.5, 0.6) is 0 Å². The van der Waals surface area contributed by atoms with E-state index >= 15 is 0 Å². The topological polar surface area (TPSA) is 118 Å². The van der Waals surface area contributed by atoms with Gasteiger partial charge in [0.05, 0.1) is 6.04 Å². The second-order valence-electron chi connectivity index (χ2n) is 6.68. The summed E-state index contributed by atoms with van der Waals surface area (Å²) in [4.78, 5) is 24.7. The summed E-state index contributed by atoms with van der Waals surface area (Å²) in [6.45, 7) is 0. The first-order valence-corrected chi connectivity index (χ1v) is 9.66. The van der Waals surface area contributed by atoms with Crippen molar-refractivity contribution in [2.24, 2.45) is 0 Å². The van der Waals surface area contributed by atoms with Crippen LogP contribution in [0.4, 0.5) is 17.3 Å². The van der Waals surface area contributed by atoms with Crippen LogP contribution in [0.15, 0.2) is 91.4 Å². The van der Waals surface area contributed by atoms with Gasteiger partial charge in [0.1, 0.15) is 17.7 Å². The van der Waals surface area contributed by atoms with Gasteiger partial charge in [-0.1, -0.05) is 66.7 Å².